The van der Waals surface area contributed by atoms with Crippen LogP contribution < -0.4 is 19.5 Å². The standard InChI is InChI=1S/C18H15N3O5/c22-21(23)16-3-2-15(13-5-6-19-10-14(13)16)20-7-8-24-12-1-4-17-18(9-12)26-11-25-17/h1-6,9-10,20H,7-8,11H2. The molecule has 8 nitrogen and oxygen atoms in total. The fraction of sp³-hybridized carbons (Fsp3) is 0.167. The molecule has 0 unspecified atom stereocenters. The summed E-state index contributed by atoms with van der Waals surface area (Å²) in [4.78, 5) is 14.7. The summed E-state index contributed by atoms with van der Waals surface area (Å²) in [6, 6.07) is 10.3. The normalized spacial score (nSPS) is 12.2. The van der Waals surface area contributed by atoms with E-state index < -0.39 is 4.92 Å². The molecule has 2 aromatic carbocycles. The van der Waals surface area contributed by atoms with Crippen LogP contribution in [0.1, 0.15) is 0 Å². The Morgan fingerprint density at radius 2 is 2.04 bits per heavy atom. The predicted octanol–water partition coefficient (Wildman–Crippen LogP) is 3.36. The van der Waals surface area contributed by atoms with E-state index in [-0.39, 0.29) is 12.5 Å². The van der Waals surface area contributed by atoms with Crippen molar-refractivity contribution in [3.8, 4) is 17.2 Å². The van der Waals surface area contributed by atoms with Crippen molar-refractivity contribution in [2.24, 2.45) is 0 Å². The zero-order chi connectivity index (χ0) is 17.9. The summed E-state index contributed by atoms with van der Waals surface area (Å²) < 4.78 is 16.3. The van der Waals surface area contributed by atoms with Gasteiger partial charge in [-0.25, -0.2) is 0 Å². The number of nitro benzene ring substituents is 1. The van der Waals surface area contributed by atoms with Crippen molar-refractivity contribution in [3.05, 3.63) is 58.9 Å². The number of nitrogens with one attached hydrogen (secondary N) is 1. The number of anilines is 1. The highest BCUT2D eigenvalue weighted by Gasteiger charge is 2.15. The maximum absolute atomic E-state index is 11.1. The molecular formula is C18H15N3O5. The summed E-state index contributed by atoms with van der Waals surface area (Å²) in [7, 11) is 0. The molecule has 0 radical (unpaired) electrons. The fourth-order valence-electron chi connectivity index (χ4n) is 2.81. The van der Waals surface area contributed by atoms with Gasteiger partial charge in [0.2, 0.25) is 6.79 Å². The van der Waals surface area contributed by atoms with Crippen molar-refractivity contribution in [2.75, 3.05) is 25.3 Å². The van der Waals surface area contributed by atoms with Crippen LogP contribution in [0.2, 0.25) is 0 Å². The van der Waals surface area contributed by atoms with E-state index in [0.717, 1.165) is 11.1 Å². The van der Waals surface area contributed by atoms with E-state index in [2.05, 4.69) is 10.3 Å². The highest BCUT2D eigenvalue weighted by molar-refractivity contribution is 5.99. The molecule has 2 heterocycles. The van der Waals surface area contributed by atoms with Gasteiger partial charge < -0.3 is 19.5 Å². The average Bonchev–Trinajstić information content (AvgIpc) is 3.12. The fourth-order valence-corrected chi connectivity index (χ4v) is 2.81. The number of rotatable bonds is 6. The summed E-state index contributed by atoms with van der Waals surface area (Å²) in [5.41, 5.74) is 0.831. The van der Waals surface area contributed by atoms with Gasteiger partial charge in [0, 0.05) is 42.1 Å². The summed E-state index contributed by atoms with van der Waals surface area (Å²) in [6.07, 6.45) is 3.11. The maximum atomic E-state index is 11.1. The molecule has 1 N–H and O–H groups in total. The Labute approximate surface area is 148 Å². The molecule has 3 aromatic rings. The molecule has 1 aliphatic heterocycles. The number of nitro groups is 1. The van der Waals surface area contributed by atoms with Gasteiger partial charge >= 0.3 is 0 Å². The first-order chi connectivity index (χ1) is 12.7. The second kappa shape index (κ2) is 6.75. The van der Waals surface area contributed by atoms with Crippen LogP contribution in [0.15, 0.2) is 48.8 Å². The van der Waals surface area contributed by atoms with E-state index in [1.54, 1.807) is 24.4 Å². The van der Waals surface area contributed by atoms with Crippen molar-refractivity contribution in [2.45, 2.75) is 0 Å². The smallest absolute Gasteiger partial charge is 0.278 e. The molecule has 0 saturated heterocycles. The van der Waals surface area contributed by atoms with Crippen molar-refractivity contribution in [3.63, 3.8) is 0 Å². The lowest BCUT2D eigenvalue weighted by Gasteiger charge is -2.11. The van der Waals surface area contributed by atoms with Gasteiger partial charge in [0.25, 0.3) is 5.69 Å². The first-order valence-electron chi connectivity index (χ1n) is 8.00. The average molecular weight is 353 g/mol. The summed E-state index contributed by atoms with van der Waals surface area (Å²) in [5.74, 6) is 2.07. The molecule has 0 spiro atoms. The molecule has 132 valence electrons. The van der Waals surface area contributed by atoms with Crippen molar-refractivity contribution in [1.29, 1.82) is 0 Å². The third-order valence-electron chi connectivity index (χ3n) is 4.02. The lowest BCUT2D eigenvalue weighted by Crippen LogP contribution is -2.11. The van der Waals surface area contributed by atoms with Gasteiger partial charge in [-0.1, -0.05) is 0 Å². The van der Waals surface area contributed by atoms with Crippen LogP contribution >= 0.6 is 0 Å². The zero-order valence-electron chi connectivity index (χ0n) is 13.7. The van der Waals surface area contributed by atoms with E-state index in [1.165, 1.54) is 12.3 Å². The second-order valence-electron chi connectivity index (χ2n) is 5.60. The Balaban J connectivity index is 1.42. The van der Waals surface area contributed by atoms with E-state index in [0.29, 0.717) is 35.8 Å². The Morgan fingerprint density at radius 3 is 2.92 bits per heavy atom. The minimum atomic E-state index is -0.406. The summed E-state index contributed by atoms with van der Waals surface area (Å²) >= 11 is 0. The molecule has 0 fully saturated rings. The molecule has 26 heavy (non-hydrogen) atoms. The van der Waals surface area contributed by atoms with E-state index in [1.807, 2.05) is 12.1 Å². The van der Waals surface area contributed by atoms with Crippen molar-refractivity contribution >= 4 is 22.1 Å². The van der Waals surface area contributed by atoms with Gasteiger partial charge in [-0.15, -0.1) is 0 Å². The number of non-ortho nitro benzene ring substituents is 1. The molecule has 0 saturated carbocycles. The maximum Gasteiger partial charge on any atom is 0.278 e. The van der Waals surface area contributed by atoms with Crippen LogP contribution in [0, 0.1) is 10.1 Å². The number of ether oxygens (including phenoxy) is 3. The van der Waals surface area contributed by atoms with Gasteiger partial charge in [-0.05, 0) is 24.3 Å². The molecule has 1 aliphatic rings. The number of pyridine rings is 1. The SMILES string of the molecule is O=[N+]([O-])c1ccc(NCCOc2ccc3c(c2)OCO3)c2ccncc12. The number of nitrogens with zero attached hydrogens (tertiary/aromatic N) is 2. The van der Waals surface area contributed by atoms with E-state index in [9.17, 15) is 10.1 Å². The minimum Gasteiger partial charge on any atom is -0.492 e. The van der Waals surface area contributed by atoms with Gasteiger partial charge in [0.05, 0.1) is 10.3 Å². The number of hydrogen-bond donors (Lipinski definition) is 1. The quantitative estimate of drug-likeness (QED) is 0.412. The van der Waals surface area contributed by atoms with Gasteiger partial charge in [0.15, 0.2) is 11.5 Å². The Kier molecular flexibility index (Phi) is 4.14. The number of fused-ring (bicyclic) bond motifs is 2. The van der Waals surface area contributed by atoms with Gasteiger partial charge in [-0.2, -0.15) is 0 Å². The largest absolute Gasteiger partial charge is 0.492 e. The molecule has 0 amide bonds. The van der Waals surface area contributed by atoms with Crippen LogP contribution in [-0.2, 0) is 0 Å². The van der Waals surface area contributed by atoms with Crippen LogP contribution in [0.25, 0.3) is 10.8 Å². The highest BCUT2D eigenvalue weighted by Crippen LogP contribution is 2.35. The molecular weight excluding hydrogens is 338 g/mol. The van der Waals surface area contributed by atoms with E-state index >= 15 is 0 Å². The van der Waals surface area contributed by atoms with Gasteiger partial charge in [-0.3, -0.25) is 15.1 Å². The zero-order valence-corrected chi connectivity index (χ0v) is 13.7. The summed E-state index contributed by atoms with van der Waals surface area (Å²) in [5, 5.41) is 15.6. The predicted molar refractivity (Wildman–Crippen MR) is 94.9 cm³/mol. The monoisotopic (exact) mass is 353 g/mol. The summed E-state index contributed by atoms with van der Waals surface area (Å²) in [6.45, 7) is 1.18. The number of hydrogen-bond acceptors (Lipinski definition) is 7. The van der Waals surface area contributed by atoms with Crippen LogP contribution in [0.4, 0.5) is 11.4 Å². The highest BCUT2D eigenvalue weighted by atomic mass is 16.7. The first-order valence-corrected chi connectivity index (χ1v) is 8.00. The van der Waals surface area contributed by atoms with E-state index in [4.69, 9.17) is 14.2 Å². The first kappa shape index (κ1) is 15.9. The number of benzene rings is 2. The van der Waals surface area contributed by atoms with Gasteiger partial charge in [0.1, 0.15) is 12.4 Å². The third-order valence-corrected chi connectivity index (χ3v) is 4.02. The molecule has 8 heteroatoms. The van der Waals surface area contributed by atoms with Crippen molar-refractivity contribution in [1.82, 2.24) is 4.98 Å². The lowest BCUT2D eigenvalue weighted by atomic mass is 10.1. The molecule has 0 bridgehead atoms. The Bertz CT molecular complexity index is 976. The lowest BCUT2D eigenvalue weighted by molar-refractivity contribution is -0.383. The molecule has 4 rings (SSSR count). The molecule has 0 aliphatic carbocycles. The number of aromatic nitrogens is 1. The van der Waals surface area contributed by atoms with Crippen LogP contribution in [0.5, 0.6) is 17.2 Å². The minimum absolute atomic E-state index is 0.0373. The topological polar surface area (TPSA) is 95.8 Å². The van der Waals surface area contributed by atoms with Crippen LogP contribution in [0.3, 0.4) is 0 Å². The van der Waals surface area contributed by atoms with Crippen LogP contribution in [-0.4, -0.2) is 29.9 Å². The molecule has 1 aromatic heterocycles. The Hall–Kier alpha value is -3.55. The second-order valence-corrected chi connectivity index (χ2v) is 5.60. The van der Waals surface area contributed by atoms with Crippen molar-refractivity contribution < 1.29 is 19.1 Å². The Morgan fingerprint density at radius 1 is 1.15 bits per heavy atom. The third kappa shape index (κ3) is 3.04. The molecule has 0 atom stereocenters.